The highest BCUT2D eigenvalue weighted by Crippen LogP contribution is 2.37. The summed E-state index contributed by atoms with van der Waals surface area (Å²) in [6.45, 7) is 9.52. The molecule has 3 nitrogen and oxygen atoms in total. The fourth-order valence-electron chi connectivity index (χ4n) is 3.50. The molecule has 0 bridgehead atoms. The van der Waals surface area contributed by atoms with Gasteiger partial charge in [0.05, 0.1) is 6.61 Å². The fraction of sp³-hybridized carbons (Fsp3) is 1.00. The van der Waals surface area contributed by atoms with Gasteiger partial charge in [-0.05, 0) is 44.1 Å². The van der Waals surface area contributed by atoms with Crippen LogP contribution < -0.4 is 5.32 Å². The summed E-state index contributed by atoms with van der Waals surface area (Å²) in [7, 11) is 0. The molecule has 1 aliphatic rings. The highest BCUT2D eigenvalue weighted by atomic mass is 16.5. The van der Waals surface area contributed by atoms with E-state index < -0.39 is 0 Å². The Bertz CT molecular complexity index is 235. The number of ether oxygens (including phenoxy) is 1. The Labute approximate surface area is 119 Å². The highest BCUT2D eigenvalue weighted by molar-refractivity contribution is 4.98. The summed E-state index contributed by atoms with van der Waals surface area (Å²) in [5.41, 5.74) is -0.0346. The average Bonchev–Trinajstić information content (AvgIpc) is 2.79. The first-order valence-corrected chi connectivity index (χ1v) is 8.12. The van der Waals surface area contributed by atoms with Gasteiger partial charge in [0.25, 0.3) is 0 Å². The molecule has 0 aliphatic heterocycles. The Hall–Kier alpha value is -0.120. The monoisotopic (exact) mass is 271 g/mol. The van der Waals surface area contributed by atoms with Crippen molar-refractivity contribution < 1.29 is 9.84 Å². The van der Waals surface area contributed by atoms with Crippen LogP contribution in [0, 0.1) is 11.8 Å². The van der Waals surface area contributed by atoms with Crippen molar-refractivity contribution in [3.63, 3.8) is 0 Å². The lowest BCUT2D eigenvalue weighted by Crippen LogP contribution is -2.51. The van der Waals surface area contributed by atoms with Gasteiger partial charge in [-0.1, -0.05) is 33.6 Å². The largest absolute Gasteiger partial charge is 0.394 e. The van der Waals surface area contributed by atoms with E-state index in [4.69, 9.17) is 4.74 Å². The van der Waals surface area contributed by atoms with E-state index in [-0.39, 0.29) is 12.1 Å². The van der Waals surface area contributed by atoms with Gasteiger partial charge in [-0.2, -0.15) is 0 Å². The van der Waals surface area contributed by atoms with E-state index in [1.165, 1.54) is 25.7 Å². The van der Waals surface area contributed by atoms with Gasteiger partial charge in [0.2, 0.25) is 0 Å². The molecule has 3 unspecified atom stereocenters. The molecule has 0 saturated heterocycles. The zero-order valence-corrected chi connectivity index (χ0v) is 13.1. The third-order valence-electron chi connectivity index (χ3n) is 4.56. The fourth-order valence-corrected chi connectivity index (χ4v) is 3.50. The molecule has 0 aromatic rings. The van der Waals surface area contributed by atoms with Gasteiger partial charge in [0, 0.05) is 18.8 Å². The highest BCUT2D eigenvalue weighted by Gasteiger charge is 2.41. The van der Waals surface area contributed by atoms with E-state index in [9.17, 15) is 5.11 Å². The number of aliphatic hydroxyl groups is 1. The molecule has 0 radical (unpaired) electrons. The summed E-state index contributed by atoms with van der Waals surface area (Å²) < 4.78 is 5.82. The number of nitrogens with one attached hydrogen (secondary N) is 1. The summed E-state index contributed by atoms with van der Waals surface area (Å²) in [6.07, 6.45) is 7.12. The van der Waals surface area contributed by atoms with Gasteiger partial charge in [-0.25, -0.2) is 0 Å². The first-order valence-electron chi connectivity index (χ1n) is 8.12. The molecule has 1 fully saturated rings. The standard InChI is InChI=1S/C16H33NO2/c1-4-7-14(3)12-19-11-9-15-8-6-10-16(15,13-18)17-5-2/h14-15,17-18H,4-13H2,1-3H3. The minimum absolute atomic E-state index is 0.0346. The van der Waals surface area contributed by atoms with E-state index in [1.807, 2.05) is 0 Å². The molecule has 0 spiro atoms. The zero-order chi connectivity index (χ0) is 14.1. The van der Waals surface area contributed by atoms with Crippen LogP contribution in [0.1, 0.15) is 59.3 Å². The summed E-state index contributed by atoms with van der Waals surface area (Å²) in [6, 6.07) is 0. The van der Waals surface area contributed by atoms with Crippen LogP contribution in [0.5, 0.6) is 0 Å². The molecule has 3 atom stereocenters. The van der Waals surface area contributed by atoms with E-state index in [0.29, 0.717) is 11.8 Å². The molecule has 19 heavy (non-hydrogen) atoms. The van der Waals surface area contributed by atoms with Crippen LogP contribution in [0.15, 0.2) is 0 Å². The minimum Gasteiger partial charge on any atom is -0.394 e. The Morgan fingerprint density at radius 3 is 2.84 bits per heavy atom. The van der Waals surface area contributed by atoms with Crippen molar-refractivity contribution in [2.45, 2.75) is 64.8 Å². The van der Waals surface area contributed by atoms with Crippen LogP contribution in [-0.4, -0.2) is 37.0 Å². The molecule has 114 valence electrons. The second-order valence-electron chi connectivity index (χ2n) is 6.19. The van der Waals surface area contributed by atoms with Crippen molar-refractivity contribution in [1.29, 1.82) is 0 Å². The van der Waals surface area contributed by atoms with E-state index in [2.05, 4.69) is 26.1 Å². The number of likely N-dealkylation sites (N-methyl/N-ethyl adjacent to an activating group) is 1. The molecule has 2 N–H and O–H groups in total. The van der Waals surface area contributed by atoms with Crippen molar-refractivity contribution >= 4 is 0 Å². The molecule has 1 saturated carbocycles. The molecular formula is C16H33NO2. The summed E-state index contributed by atoms with van der Waals surface area (Å²) in [4.78, 5) is 0. The molecular weight excluding hydrogens is 238 g/mol. The van der Waals surface area contributed by atoms with E-state index in [1.54, 1.807) is 0 Å². The number of aliphatic hydroxyl groups excluding tert-OH is 1. The molecule has 0 aromatic heterocycles. The summed E-state index contributed by atoms with van der Waals surface area (Å²) in [5, 5.41) is 13.3. The Morgan fingerprint density at radius 1 is 1.42 bits per heavy atom. The Morgan fingerprint density at radius 2 is 2.21 bits per heavy atom. The van der Waals surface area contributed by atoms with Gasteiger partial charge >= 0.3 is 0 Å². The normalized spacial score (nSPS) is 28.7. The zero-order valence-electron chi connectivity index (χ0n) is 13.1. The predicted molar refractivity (Wildman–Crippen MR) is 80.3 cm³/mol. The third kappa shape index (κ3) is 5.05. The molecule has 3 heteroatoms. The lowest BCUT2D eigenvalue weighted by molar-refractivity contribution is 0.0651. The van der Waals surface area contributed by atoms with Gasteiger partial charge < -0.3 is 15.2 Å². The van der Waals surface area contributed by atoms with Crippen molar-refractivity contribution in [3.8, 4) is 0 Å². The number of hydrogen-bond acceptors (Lipinski definition) is 3. The first-order chi connectivity index (χ1) is 9.18. The molecule has 0 amide bonds. The first kappa shape index (κ1) is 16.9. The Kier molecular flexibility index (Phi) is 7.96. The molecule has 0 heterocycles. The summed E-state index contributed by atoms with van der Waals surface area (Å²) in [5.74, 6) is 1.24. The van der Waals surface area contributed by atoms with Gasteiger partial charge in [-0.15, -0.1) is 0 Å². The maximum absolute atomic E-state index is 9.73. The van der Waals surface area contributed by atoms with Crippen LogP contribution in [0.3, 0.4) is 0 Å². The second-order valence-corrected chi connectivity index (χ2v) is 6.19. The van der Waals surface area contributed by atoms with E-state index in [0.717, 1.165) is 32.6 Å². The van der Waals surface area contributed by atoms with Crippen molar-refractivity contribution in [2.24, 2.45) is 11.8 Å². The molecule has 1 rings (SSSR count). The third-order valence-corrected chi connectivity index (χ3v) is 4.56. The number of rotatable bonds is 10. The lowest BCUT2D eigenvalue weighted by Gasteiger charge is -2.35. The number of hydrogen-bond donors (Lipinski definition) is 2. The van der Waals surface area contributed by atoms with Crippen LogP contribution in [0.4, 0.5) is 0 Å². The molecule has 1 aliphatic carbocycles. The van der Waals surface area contributed by atoms with Gasteiger partial charge in [0.15, 0.2) is 0 Å². The van der Waals surface area contributed by atoms with E-state index >= 15 is 0 Å². The van der Waals surface area contributed by atoms with Crippen LogP contribution >= 0.6 is 0 Å². The molecule has 0 aromatic carbocycles. The van der Waals surface area contributed by atoms with Gasteiger partial charge in [0.1, 0.15) is 0 Å². The van der Waals surface area contributed by atoms with Gasteiger partial charge in [-0.3, -0.25) is 0 Å². The maximum atomic E-state index is 9.73. The smallest absolute Gasteiger partial charge is 0.0616 e. The van der Waals surface area contributed by atoms with Crippen LogP contribution in [-0.2, 0) is 4.74 Å². The van der Waals surface area contributed by atoms with Crippen molar-refractivity contribution in [2.75, 3.05) is 26.4 Å². The lowest BCUT2D eigenvalue weighted by atomic mass is 9.85. The van der Waals surface area contributed by atoms with Crippen molar-refractivity contribution in [3.05, 3.63) is 0 Å². The maximum Gasteiger partial charge on any atom is 0.0616 e. The topological polar surface area (TPSA) is 41.5 Å². The summed E-state index contributed by atoms with van der Waals surface area (Å²) >= 11 is 0. The SMILES string of the molecule is CCCC(C)COCCC1CCCC1(CO)NCC. The second kappa shape index (κ2) is 8.93. The van der Waals surface area contributed by atoms with Crippen LogP contribution in [0.2, 0.25) is 0 Å². The Balaban J connectivity index is 2.27. The average molecular weight is 271 g/mol. The minimum atomic E-state index is -0.0346. The van der Waals surface area contributed by atoms with Crippen molar-refractivity contribution in [1.82, 2.24) is 5.32 Å². The predicted octanol–water partition coefficient (Wildman–Crippen LogP) is 2.97. The quantitative estimate of drug-likeness (QED) is 0.600. The van der Waals surface area contributed by atoms with Crippen LogP contribution in [0.25, 0.3) is 0 Å².